The van der Waals surface area contributed by atoms with Crippen LogP contribution >= 0.6 is 15.9 Å². The van der Waals surface area contributed by atoms with Gasteiger partial charge in [0.15, 0.2) is 0 Å². The Kier molecular flexibility index (Phi) is 5.43. The molecule has 106 valence electrons. The summed E-state index contributed by atoms with van der Waals surface area (Å²) in [6, 6.07) is 0.533. The van der Waals surface area contributed by atoms with Crippen LogP contribution in [0.25, 0.3) is 0 Å². The Bertz CT molecular complexity index is 410. The van der Waals surface area contributed by atoms with Gasteiger partial charge in [0.1, 0.15) is 22.4 Å². The SMILES string of the molecule is CCNc1ncnc(NC2CCCC(C)CC2)c1Br. The molecule has 0 bridgehead atoms. The summed E-state index contributed by atoms with van der Waals surface area (Å²) in [5.74, 6) is 2.63. The number of hydrogen-bond donors (Lipinski definition) is 2. The first kappa shape index (κ1) is 14.6. The molecule has 1 aliphatic carbocycles. The molecule has 0 radical (unpaired) electrons. The molecule has 0 aromatic carbocycles. The maximum absolute atomic E-state index is 4.36. The molecule has 5 heteroatoms. The first-order valence-corrected chi connectivity index (χ1v) is 8.01. The van der Waals surface area contributed by atoms with Crippen LogP contribution in [0.2, 0.25) is 0 Å². The summed E-state index contributed by atoms with van der Waals surface area (Å²) < 4.78 is 0.939. The van der Waals surface area contributed by atoms with Gasteiger partial charge >= 0.3 is 0 Å². The second-order valence-electron chi connectivity index (χ2n) is 5.37. The molecule has 0 amide bonds. The molecule has 2 atom stereocenters. The van der Waals surface area contributed by atoms with Gasteiger partial charge in [0.2, 0.25) is 0 Å². The van der Waals surface area contributed by atoms with Gasteiger partial charge in [-0.2, -0.15) is 0 Å². The average molecular weight is 327 g/mol. The monoisotopic (exact) mass is 326 g/mol. The van der Waals surface area contributed by atoms with Crippen molar-refractivity contribution in [3.8, 4) is 0 Å². The minimum absolute atomic E-state index is 0.533. The first-order chi connectivity index (χ1) is 9.20. The van der Waals surface area contributed by atoms with Crippen LogP contribution in [0.4, 0.5) is 11.6 Å². The Morgan fingerprint density at radius 2 is 2.00 bits per heavy atom. The van der Waals surface area contributed by atoms with Crippen LogP contribution < -0.4 is 10.6 Å². The maximum atomic E-state index is 4.36. The third kappa shape index (κ3) is 4.06. The van der Waals surface area contributed by atoms with Crippen molar-refractivity contribution in [1.29, 1.82) is 0 Å². The molecule has 2 N–H and O–H groups in total. The Balaban J connectivity index is 2.04. The normalized spacial score (nSPS) is 23.7. The van der Waals surface area contributed by atoms with E-state index in [2.05, 4.69) is 50.4 Å². The topological polar surface area (TPSA) is 49.8 Å². The van der Waals surface area contributed by atoms with Crippen molar-refractivity contribution < 1.29 is 0 Å². The fraction of sp³-hybridized carbons (Fsp3) is 0.714. The zero-order valence-electron chi connectivity index (χ0n) is 11.7. The summed E-state index contributed by atoms with van der Waals surface area (Å²) in [5, 5.41) is 6.81. The Morgan fingerprint density at radius 1 is 1.21 bits per heavy atom. The Morgan fingerprint density at radius 3 is 2.79 bits per heavy atom. The lowest BCUT2D eigenvalue weighted by molar-refractivity contribution is 0.502. The van der Waals surface area contributed by atoms with E-state index >= 15 is 0 Å². The number of aromatic nitrogens is 2. The lowest BCUT2D eigenvalue weighted by Gasteiger charge is -2.18. The van der Waals surface area contributed by atoms with E-state index < -0.39 is 0 Å². The highest BCUT2D eigenvalue weighted by Crippen LogP contribution is 2.30. The van der Waals surface area contributed by atoms with Crippen LogP contribution in [-0.4, -0.2) is 22.6 Å². The molecule has 1 aromatic heterocycles. The second-order valence-corrected chi connectivity index (χ2v) is 6.16. The van der Waals surface area contributed by atoms with Gasteiger partial charge in [-0.25, -0.2) is 9.97 Å². The fourth-order valence-corrected chi connectivity index (χ4v) is 3.05. The van der Waals surface area contributed by atoms with Gasteiger partial charge in [-0.3, -0.25) is 0 Å². The smallest absolute Gasteiger partial charge is 0.146 e. The minimum atomic E-state index is 0.533. The molecule has 2 unspecified atom stereocenters. The Labute approximate surface area is 123 Å². The summed E-state index contributed by atoms with van der Waals surface area (Å²) in [4.78, 5) is 8.60. The molecule has 1 aliphatic rings. The third-order valence-electron chi connectivity index (χ3n) is 3.73. The van der Waals surface area contributed by atoms with Crippen LogP contribution in [0.3, 0.4) is 0 Å². The van der Waals surface area contributed by atoms with Crippen LogP contribution in [0.15, 0.2) is 10.8 Å². The highest BCUT2D eigenvalue weighted by Gasteiger charge is 2.18. The lowest BCUT2D eigenvalue weighted by atomic mass is 10.0. The quantitative estimate of drug-likeness (QED) is 0.819. The van der Waals surface area contributed by atoms with Crippen molar-refractivity contribution >= 4 is 27.6 Å². The largest absolute Gasteiger partial charge is 0.369 e. The van der Waals surface area contributed by atoms with Gasteiger partial charge in [0.05, 0.1) is 0 Å². The van der Waals surface area contributed by atoms with E-state index in [0.717, 1.165) is 28.6 Å². The van der Waals surface area contributed by atoms with Crippen LogP contribution in [0.1, 0.15) is 46.0 Å². The van der Waals surface area contributed by atoms with Crippen molar-refractivity contribution in [2.75, 3.05) is 17.2 Å². The van der Waals surface area contributed by atoms with E-state index in [9.17, 15) is 0 Å². The number of nitrogens with zero attached hydrogens (tertiary/aromatic N) is 2. The summed E-state index contributed by atoms with van der Waals surface area (Å²) >= 11 is 3.59. The molecule has 1 saturated carbocycles. The third-order valence-corrected chi connectivity index (χ3v) is 4.48. The average Bonchev–Trinajstić information content (AvgIpc) is 2.60. The van der Waals surface area contributed by atoms with Crippen LogP contribution in [0.5, 0.6) is 0 Å². The molecule has 1 fully saturated rings. The highest BCUT2D eigenvalue weighted by atomic mass is 79.9. The van der Waals surface area contributed by atoms with Gasteiger partial charge in [-0.1, -0.05) is 19.8 Å². The minimum Gasteiger partial charge on any atom is -0.369 e. The van der Waals surface area contributed by atoms with Gasteiger partial charge < -0.3 is 10.6 Å². The fourth-order valence-electron chi connectivity index (χ4n) is 2.59. The highest BCUT2D eigenvalue weighted by molar-refractivity contribution is 9.10. The molecule has 4 nitrogen and oxygen atoms in total. The van der Waals surface area contributed by atoms with E-state index in [4.69, 9.17) is 0 Å². The maximum Gasteiger partial charge on any atom is 0.146 e. The van der Waals surface area contributed by atoms with E-state index in [1.54, 1.807) is 6.33 Å². The predicted molar refractivity (Wildman–Crippen MR) is 83.6 cm³/mol. The van der Waals surface area contributed by atoms with Crippen LogP contribution in [-0.2, 0) is 0 Å². The van der Waals surface area contributed by atoms with Crippen molar-refractivity contribution in [2.45, 2.75) is 52.0 Å². The van der Waals surface area contributed by atoms with Gasteiger partial charge in [0.25, 0.3) is 0 Å². The molecule has 0 aliphatic heterocycles. The second kappa shape index (κ2) is 7.08. The molecular formula is C14H23BrN4. The standard InChI is InChI=1S/C14H23BrN4/c1-3-16-13-12(15)14(18-9-17-13)19-11-6-4-5-10(2)7-8-11/h9-11H,3-8H2,1-2H3,(H2,16,17,18,19). The van der Waals surface area contributed by atoms with Crippen molar-refractivity contribution in [3.05, 3.63) is 10.8 Å². The van der Waals surface area contributed by atoms with Gasteiger partial charge in [-0.05, 0) is 48.0 Å². The Hall–Kier alpha value is -0.840. The summed E-state index contributed by atoms with van der Waals surface area (Å²) in [6.07, 6.45) is 8.05. The number of halogens is 1. The summed E-state index contributed by atoms with van der Waals surface area (Å²) in [6.45, 7) is 5.27. The van der Waals surface area contributed by atoms with E-state index in [0.29, 0.717) is 6.04 Å². The predicted octanol–water partition coefficient (Wildman–Crippen LogP) is 4.05. The molecule has 19 heavy (non-hydrogen) atoms. The number of rotatable bonds is 4. The molecule has 1 heterocycles. The van der Waals surface area contributed by atoms with Crippen molar-refractivity contribution in [3.63, 3.8) is 0 Å². The van der Waals surface area contributed by atoms with Gasteiger partial charge in [0, 0.05) is 12.6 Å². The zero-order valence-corrected chi connectivity index (χ0v) is 13.3. The number of anilines is 2. The summed E-state index contributed by atoms with van der Waals surface area (Å²) in [5.41, 5.74) is 0. The molecule has 1 aromatic rings. The van der Waals surface area contributed by atoms with Crippen molar-refractivity contribution in [1.82, 2.24) is 9.97 Å². The molecule has 2 rings (SSSR count). The number of nitrogens with one attached hydrogen (secondary N) is 2. The van der Waals surface area contributed by atoms with Crippen LogP contribution in [0, 0.1) is 5.92 Å². The van der Waals surface area contributed by atoms with Crippen molar-refractivity contribution in [2.24, 2.45) is 5.92 Å². The zero-order chi connectivity index (χ0) is 13.7. The lowest BCUT2D eigenvalue weighted by Crippen LogP contribution is -2.20. The first-order valence-electron chi connectivity index (χ1n) is 7.21. The van der Waals surface area contributed by atoms with E-state index in [-0.39, 0.29) is 0 Å². The van der Waals surface area contributed by atoms with E-state index in [1.165, 1.54) is 32.1 Å². The van der Waals surface area contributed by atoms with Gasteiger partial charge in [-0.15, -0.1) is 0 Å². The summed E-state index contributed by atoms with van der Waals surface area (Å²) in [7, 11) is 0. The molecule has 0 spiro atoms. The molecule has 0 saturated heterocycles. The number of hydrogen-bond acceptors (Lipinski definition) is 4. The molecular weight excluding hydrogens is 304 g/mol. The van der Waals surface area contributed by atoms with E-state index in [1.807, 2.05) is 0 Å².